The SMILES string of the molecule is CCCNc1cc(COC)nc(-c2cc(Br)c(Br)s2)n1. The number of thiophene rings is 1. The standard InChI is InChI=1S/C13H15Br2N3OS/c1-3-4-16-11-5-8(7-19-2)17-13(18-11)10-6-9(14)12(15)20-10/h5-6H,3-4,7H2,1-2H3,(H,16,17,18). The molecule has 20 heavy (non-hydrogen) atoms. The van der Waals surface area contributed by atoms with Gasteiger partial charge in [-0.05, 0) is 44.3 Å². The van der Waals surface area contributed by atoms with E-state index in [-0.39, 0.29) is 0 Å². The van der Waals surface area contributed by atoms with Gasteiger partial charge < -0.3 is 10.1 Å². The molecule has 0 unspecified atom stereocenters. The van der Waals surface area contributed by atoms with E-state index in [0.717, 1.165) is 43.4 Å². The summed E-state index contributed by atoms with van der Waals surface area (Å²) in [5, 5.41) is 3.30. The molecule has 4 nitrogen and oxygen atoms in total. The van der Waals surface area contributed by atoms with Gasteiger partial charge in [0.15, 0.2) is 5.82 Å². The highest BCUT2D eigenvalue weighted by molar-refractivity contribution is 9.13. The Bertz CT molecular complexity index is 569. The maximum Gasteiger partial charge on any atom is 0.172 e. The second-order valence-corrected chi connectivity index (χ2v) is 7.38. The summed E-state index contributed by atoms with van der Waals surface area (Å²) in [7, 11) is 1.67. The van der Waals surface area contributed by atoms with E-state index < -0.39 is 0 Å². The lowest BCUT2D eigenvalue weighted by Crippen LogP contribution is -2.05. The maximum atomic E-state index is 5.17. The van der Waals surface area contributed by atoms with Crippen molar-refractivity contribution in [2.24, 2.45) is 0 Å². The molecule has 0 saturated carbocycles. The van der Waals surface area contributed by atoms with Gasteiger partial charge in [-0.1, -0.05) is 6.92 Å². The van der Waals surface area contributed by atoms with E-state index in [1.165, 1.54) is 0 Å². The molecular formula is C13H15Br2N3OS. The second-order valence-electron chi connectivity index (χ2n) is 4.16. The molecule has 0 aromatic carbocycles. The first-order valence-electron chi connectivity index (χ1n) is 6.20. The van der Waals surface area contributed by atoms with Crippen molar-refractivity contribution < 1.29 is 4.74 Å². The molecule has 7 heteroatoms. The topological polar surface area (TPSA) is 47.0 Å². The number of aromatic nitrogens is 2. The zero-order valence-corrected chi connectivity index (χ0v) is 15.2. The third kappa shape index (κ3) is 4.00. The first kappa shape index (κ1) is 15.9. The van der Waals surface area contributed by atoms with Gasteiger partial charge in [0.2, 0.25) is 0 Å². The van der Waals surface area contributed by atoms with Crippen molar-refractivity contribution in [2.45, 2.75) is 20.0 Å². The Labute approximate surface area is 139 Å². The highest BCUT2D eigenvalue weighted by Crippen LogP contribution is 2.37. The van der Waals surface area contributed by atoms with Gasteiger partial charge in [0, 0.05) is 24.2 Å². The molecule has 108 valence electrons. The number of halogens is 2. The van der Waals surface area contributed by atoms with Crippen LogP contribution in [0, 0.1) is 0 Å². The van der Waals surface area contributed by atoms with Gasteiger partial charge in [0.1, 0.15) is 5.82 Å². The minimum absolute atomic E-state index is 0.476. The van der Waals surface area contributed by atoms with E-state index in [9.17, 15) is 0 Å². The Morgan fingerprint density at radius 1 is 1.30 bits per heavy atom. The molecule has 2 rings (SSSR count). The normalized spacial score (nSPS) is 10.8. The summed E-state index contributed by atoms with van der Waals surface area (Å²) >= 11 is 8.59. The van der Waals surface area contributed by atoms with Crippen LogP contribution >= 0.6 is 43.2 Å². The molecule has 0 bridgehead atoms. The third-order valence-electron chi connectivity index (χ3n) is 2.49. The van der Waals surface area contributed by atoms with Crippen molar-refractivity contribution in [3.05, 3.63) is 26.1 Å². The Hall–Kier alpha value is -0.500. The molecule has 0 atom stereocenters. The Morgan fingerprint density at radius 2 is 2.10 bits per heavy atom. The fraction of sp³-hybridized carbons (Fsp3) is 0.385. The second kappa shape index (κ2) is 7.49. The smallest absolute Gasteiger partial charge is 0.172 e. The molecule has 2 heterocycles. The molecule has 0 spiro atoms. The van der Waals surface area contributed by atoms with Crippen LogP contribution < -0.4 is 5.32 Å². The van der Waals surface area contributed by atoms with Crippen LogP contribution in [0.5, 0.6) is 0 Å². The predicted molar refractivity (Wildman–Crippen MR) is 90.2 cm³/mol. The summed E-state index contributed by atoms with van der Waals surface area (Å²) in [4.78, 5) is 10.1. The van der Waals surface area contributed by atoms with Crippen LogP contribution in [-0.2, 0) is 11.3 Å². The summed E-state index contributed by atoms with van der Waals surface area (Å²) in [6.45, 7) is 3.49. The number of nitrogens with one attached hydrogen (secondary N) is 1. The molecule has 0 fully saturated rings. The molecule has 0 saturated heterocycles. The van der Waals surface area contributed by atoms with Crippen LogP contribution in [0.3, 0.4) is 0 Å². The van der Waals surface area contributed by atoms with Crippen molar-refractivity contribution >= 4 is 49.0 Å². The highest BCUT2D eigenvalue weighted by Gasteiger charge is 2.11. The van der Waals surface area contributed by atoms with Gasteiger partial charge in [0.05, 0.1) is 21.0 Å². The Morgan fingerprint density at radius 3 is 2.70 bits per heavy atom. The molecule has 2 aromatic rings. The first-order valence-corrected chi connectivity index (χ1v) is 8.60. The quantitative estimate of drug-likeness (QED) is 0.735. The summed E-state index contributed by atoms with van der Waals surface area (Å²) < 4.78 is 7.23. The van der Waals surface area contributed by atoms with E-state index in [1.807, 2.05) is 12.1 Å². The molecule has 2 aromatic heterocycles. The lowest BCUT2D eigenvalue weighted by molar-refractivity contribution is 0.181. The number of methoxy groups -OCH3 is 1. The number of hydrogen-bond acceptors (Lipinski definition) is 5. The lowest BCUT2D eigenvalue weighted by atomic mass is 10.3. The summed E-state index contributed by atoms with van der Waals surface area (Å²) in [5.41, 5.74) is 0.872. The Balaban J connectivity index is 2.37. The number of anilines is 1. The van der Waals surface area contributed by atoms with Gasteiger partial charge >= 0.3 is 0 Å². The summed E-state index contributed by atoms with van der Waals surface area (Å²) in [5.74, 6) is 1.55. The first-order chi connectivity index (χ1) is 9.63. The average molecular weight is 421 g/mol. The number of ether oxygens (including phenoxy) is 1. The van der Waals surface area contributed by atoms with Gasteiger partial charge in [0.25, 0.3) is 0 Å². The average Bonchev–Trinajstić information content (AvgIpc) is 2.77. The van der Waals surface area contributed by atoms with Crippen LogP contribution in [-0.4, -0.2) is 23.6 Å². The molecular weight excluding hydrogens is 406 g/mol. The van der Waals surface area contributed by atoms with E-state index in [0.29, 0.717) is 6.61 Å². The lowest BCUT2D eigenvalue weighted by Gasteiger charge is -2.08. The number of hydrogen-bond donors (Lipinski definition) is 1. The van der Waals surface area contributed by atoms with Crippen molar-refractivity contribution in [2.75, 3.05) is 19.0 Å². The molecule has 0 aliphatic rings. The van der Waals surface area contributed by atoms with Crippen LogP contribution in [0.25, 0.3) is 10.7 Å². The van der Waals surface area contributed by atoms with E-state index in [4.69, 9.17) is 4.74 Å². The molecule has 0 aliphatic heterocycles. The van der Waals surface area contributed by atoms with Crippen LogP contribution in [0.2, 0.25) is 0 Å². The fourth-order valence-electron chi connectivity index (χ4n) is 1.63. The van der Waals surface area contributed by atoms with Crippen LogP contribution in [0.15, 0.2) is 20.4 Å². The number of rotatable bonds is 6. The molecule has 0 amide bonds. The minimum Gasteiger partial charge on any atom is -0.378 e. The molecule has 1 N–H and O–H groups in total. The fourth-order valence-corrected chi connectivity index (χ4v) is 3.60. The van der Waals surface area contributed by atoms with Crippen LogP contribution in [0.4, 0.5) is 5.82 Å². The maximum absolute atomic E-state index is 5.17. The minimum atomic E-state index is 0.476. The zero-order valence-electron chi connectivity index (χ0n) is 11.2. The predicted octanol–water partition coefficient (Wildman–Crippen LogP) is 4.70. The monoisotopic (exact) mass is 419 g/mol. The highest BCUT2D eigenvalue weighted by atomic mass is 79.9. The summed E-state index contributed by atoms with van der Waals surface area (Å²) in [6, 6.07) is 3.95. The zero-order chi connectivity index (χ0) is 14.5. The third-order valence-corrected chi connectivity index (χ3v) is 5.75. The van der Waals surface area contributed by atoms with E-state index in [1.54, 1.807) is 18.4 Å². The Kier molecular flexibility index (Phi) is 5.95. The van der Waals surface area contributed by atoms with Crippen molar-refractivity contribution in [1.82, 2.24) is 9.97 Å². The molecule has 0 aliphatic carbocycles. The van der Waals surface area contributed by atoms with Gasteiger partial charge in [-0.25, -0.2) is 9.97 Å². The van der Waals surface area contributed by atoms with Gasteiger partial charge in [-0.3, -0.25) is 0 Å². The van der Waals surface area contributed by atoms with Gasteiger partial charge in [-0.15, -0.1) is 11.3 Å². The van der Waals surface area contributed by atoms with Crippen molar-refractivity contribution in [1.29, 1.82) is 0 Å². The molecule has 0 radical (unpaired) electrons. The van der Waals surface area contributed by atoms with E-state index in [2.05, 4.69) is 54.1 Å². The van der Waals surface area contributed by atoms with E-state index >= 15 is 0 Å². The van der Waals surface area contributed by atoms with Crippen LogP contribution in [0.1, 0.15) is 19.0 Å². The van der Waals surface area contributed by atoms with Crippen molar-refractivity contribution in [3.8, 4) is 10.7 Å². The largest absolute Gasteiger partial charge is 0.378 e. The van der Waals surface area contributed by atoms with Crippen molar-refractivity contribution in [3.63, 3.8) is 0 Å². The number of nitrogens with zero attached hydrogens (tertiary/aromatic N) is 2. The van der Waals surface area contributed by atoms with Gasteiger partial charge in [-0.2, -0.15) is 0 Å². The summed E-state index contributed by atoms with van der Waals surface area (Å²) in [6.07, 6.45) is 1.05.